The molecule has 0 saturated carbocycles. The van der Waals surface area contributed by atoms with E-state index in [0.29, 0.717) is 19.0 Å². The molecule has 136 valence electrons. The second-order valence-electron chi connectivity index (χ2n) is 6.42. The molecule has 1 N–H and O–H groups in total. The maximum Gasteiger partial charge on any atom is 0.316 e. The lowest BCUT2D eigenvalue weighted by Gasteiger charge is -2.09. The van der Waals surface area contributed by atoms with Crippen LogP contribution in [0.2, 0.25) is 0 Å². The Labute approximate surface area is 151 Å². The Morgan fingerprint density at radius 3 is 2.16 bits per heavy atom. The van der Waals surface area contributed by atoms with Crippen LogP contribution in [0.1, 0.15) is 70.5 Å². The summed E-state index contributed by atoms with van der Waals surface area (Å²) in [4.78, 5) is 8.59. The zero-order chi connectivity index (χ0) is 17.9. The lowest BCUT2D eigenvalue weighted by molar-refractivity contribution is 0.173. The molecule has 0 bridgehead atoms. The van der Waals surface area contributed by atoms with Crippen LogP contribution in [0.4, 0.5) is 0 Å². The van der Waals surface area contributed by atoms with Gasteiger partial charge in [0.25, 0.3) is 0 Å². The molecule has 1 aromatic heterocycles. The average molecular weight is 342 g/mol. The SMILES string of the molecule is CCCCCCCCOc1ncc(-c2ccc(C(O)CC)cc2)cn1. The molecule has 4 heteroatoms. The summed E-state index contributed by atoms with van der Waals surface area (Å²) in [6.45, 7) is 4.87. The number of nitrogens with zero attached hydrogens (tertiary/aromatic N) is 2. The average Bonchev–Trinajstić information content (AvgIpc) is 2.67. The van der Waals surface area contributed by atoms with Crippen molar-refractivity contribution in [2.24, 2.45) is 0 Å². The van der Waals surface area contributed by atoms with Crippen molar-refractivity contribution in [1.29, 1.82) is 0 Å². The highest BCUT2D eigenvalue weighted by atomic mass is 16.5. The van der Waals surface area contributed by atoms with Gasteiger partial charge < -0.3 is 9.84 Å². The zero-order valence-corrected chi connectivity index (χ0v) is 15.4. The summed E-state index contributed by atoms with van der Waals surface area (Å²) in [6, 6.07) is 8.32. The molecule has 0 fully saturated rings. The van der Waals surface area contributed by atoms with Crippen molar-refractivity contribution in [1.82, 2.24) is 9.97 Å². The van der Waals surface area contributed by atoms with E-state index in [2.05, 4.69) is 16.9 Å². The lowest BCUT2D eigenvalue weighted by atomic mass is 10.0. The number of aliphatic hydroxyl groups is 1. The van der Waals surface area contributed by atoms with Crippen LogP contribution in [0.5, 0.6) is 6.01 Å². The van der Waals surface area contributed by atoms with E-state index < -0.39 is 6.10 Å². The topological polar surface area (TPSA) is 55.2 Å². The van der Waals surface area contributed by atoms with Crippen LogP contribution in [0.3, 0.4) is 0 Å². The molecule has 1 unspecified atom stereocenters. The molecule has 25 heavy (non-hydrogen) atoms. The Morgan fingerprint density at radius 1 is 0.880 bits per heavy atom. The van der Waals surface area contributed by atoms with Crippen molar-refractivity contribution in [3.63, 3.8) is 0 Å². The van der Waals surface area contributed by atoms with Gasteiger partial charge in [0.2, 0.25) is 0 Å². The maximum absolute atomic E-state index is 9.85. The van der Waals surface area contributed by atoms with Crippen LogP contribution in [0.25, 0.3) is 11.1 Å². The van der Waals surface area contributed by atoms with E-state index in [1.54, 1.807) is 12.4 Å². The highest BCUT2D eigenvalue weighted by Gasteiger charge is 2.06. The van der Waals surface area contributed by atoms with Crippen LogP contribution in [0.15, 0.2) is 36.7 Å². The van der Waals surface area contributed by atoms with E-state index in [-0.39, 0.29) is 0 Å². The molecule has 0 saturated heterocycles. The first-order valence-electron chi connectivity index (χ1n) is 9.47. The van der Waals surface area contributed by atoms with E-state index in [0.717, 1.165) is 23.1 Å². The van der Waals surface area contributed by atoms with Crippen molar-refractivity contribution >= 4 is 0 Å². The number of ether oxygens (including phenoxy) is 1. The van der Waals surface area contributed by atoms with Gasteiger partial charge in [-0.2, -0.15) is 0 Å². The summed E-state index contributed by atoms with van der Waals surface area (Å²) >= 11 is 0. The van der Waals surface area contributed by atoms with E-state index >= 15 is 0 Å². The van der Waals surface area contributed by atoms with Crippen molar-refractivity contribution < 1.29 is 9.84 Å². The number of benzene rings is 1. The molecule has 0 spiro atoms. The molecule has 1 aromatic carbocycles. The fourth-order valence-corrected chi connectivity index (χ4v) is 2.72. The first-order chi connectivity index (χ1) is 12.2. The van der Waals surface area contributed by atoms with Gasteiger partial charge >= 0.3 is 6.01 Å². The third kappa shape index (κ3) is 6.46. The lowest BCUT2D eigenvalue weighted by Crippen LogP contribution is -2.01. The molecule has 0 aliphatic rings. The van der Waals surface area contributed by atoms with Gasteiger partial charge in [-0.1, -0.05) is 70.2 Å². The van der Waals surface area contributed by atoms with Gasteiger partial charge in [-0.15, -0.1) is 0 Å². The number of rotatable bonds is 11. The molecule has 1 heterocycles. The van der Waals surface area contributed by atoms with Gasteiger partial charge in [-0.25, -0.2) is 9.97 Å². The number of aromatic nitrogens is 2. The van der Waals surface area contributed by atoms with Gasteiger partial charge in [0, 0.05) is 18.0 Å². The van der Waals surface area contributed by atoms with Crippen LogP contribution in [-0.4, -0.2) is 21.7 Å². The predicted molar refractivity (Wildman–Crippen MR) is 102 cm³/mol. The van der Waals surface area contributed by atoms with E-state index in [1.807, 2.05) is 31.2 Å². The number of hydrogen-bond donors (Lipinski definition) is 1. The standard InChI is InChI=1S/C21H30N2O2/c1-3-5-6-7-8-9-14-25-21-22-15-19(16-23-21)17-10-12-18(13-11-17)20(24)4-2/h10-13,15-16,20,24H,3-9,14H2,1-2H3. The van der Waals surface area contributed by atoms with Gasteiger partial charge in [0.05, 0.1) is 12.7 Å². The highest BCUT2D eigenvalue weighted by molar-refractivity contribution is 5.61. The van der Waals surface area contributed by atoms with Crippen molar-refractivity contribution in [2.75, 3.05) is 6.61 Å². The molecule has 0 aliphatic carbocycles. The maximum atomic E-state index is 9.85. The minimum atomic E-state index is -0.400. The zero-order valence-electron chi connectivity index (χ0n) is 15.4. The first-order valence-corrected chi connectivity index (χ1v) is 9.47. The van der Waals surface area contributed by atoms with Gasteiger partial charge in [-0.3, -0.25) is 0 Å². The third-order valence-corrected chi connectivity index (χ3v) is 4.37. The van der Waals surface area contributed by atoms with E-state index in [4.69, 9.17) is 4.74 Å². The van der Waals surface area contributed by atoms with Crippen LogP contribution >= 0.6 is 0 Å². The van der Waals surface area contributed by atoms with Crippen molar-refractivity contribution in [3.8, 4) is 17.1 Å². The Morgan fingerprint density at radius 2 is 1.52 bits per heavy atom. The second-order valence-corrected chi connectivity index (χ2v) is 6.42. The molecule has 0 radical (unpaired) electrons. The Bertz CT molecular complexity index is 596. The molecule has 2 rings (SSSR count). The highest BCUT2D eigenvalue weighted by Crippen LogP contribution is 2.23. The summed E-state index contributed by atoms with van der Waals surface area (Å²) < 4.78 is 5.61. The Balaban J connectivity index is 1.79. The quantitative estimate of drug-likeness (QED) is 0.561. The summed E-state index contributed by atoms with van der Waals surface area (Å²) in [5, 5.41) is 9.85. The third-order valence-electron chi connectivity index (χ3n) is 4.37. The molecule has 2 aromatic rings. The first kappa shape index (κ1) is 19.4. The largest absolute Gasteiger partial charge is 0.463 e. The van der Waals surface area contributed by atoms with Crippen LogP contribution < -0.4 is 4.74 Å². The summed E-state index contributed by atoms with van der Waals surface area (Å²) in [5.41, 5.74) is 2.92. The van der Waals surface area contributed by atoms with Gasteiger partial charge in [0.1, 0.15) is 0 Å². The van der Waals surface area contributed by atoms with Crippen LogP contribution in [0, 0.1) is 0 Å². The second kappa shape index (κ2) is 10.8. The predicted octanol–water partition coefficient (Wildman–Crippen LogP) is 5.33. The monoisotopic (exact) mass is 342 g/mol. The molecule has 0 aliphatic heterocycles. The summed E-state index contributed by atoms with van der Waals surface area (Å²) in [7, 11) is 0. The molecular weight excluding hydrogens is 312 g/mol. The fourth-order valence-electron chi connectivity index (χ4n) is 2.72. The Kier molecular flexibility index (Phi) is 8.40. The van der Waals surface area contributed by atoms with Crippen LogP contribution in [-0.2, 0) is 0 Å². The number of unbranched alkanes of at least 4 members (excludes halogenated alkanes) is 5. The summed E-state index contributed by atoms with van der Waals surface area (Å²) in [5.74, 6) is 0. The number of hydrogen-bond acceptors (Lipinski definition) is 4. The Hall–Kier alpha value is -1.94. The minimum absolute atomic E-state index is 0.400. The normalized spacial score (nSPS) is 12.1. The molecule has 1 atom stereocenters. The van der Waals surface area contributed by atoms with E-state index in [9.17, 15) is 5.11 Å². The van der Waals surface area contributed by atoms with Gasteiger partial charge in [0.15, 0.2) is 0 Å². The smallest absolute Gasteiger partial charge is 0.316 e. The summed E-state index contributed by atoms with van der Waals surface area (Å²) in [6.07, 6.45) is 11.3. The molecule has 0 amide bonds. The minimum Gasteiger partial charge on any atom is -0.463 e. The van der Waals surface area contributed by atoms with Gasteiger partial charge in [-0.05, 0) is 24.0 Å². The fraction of sp³-hybridized carbons (Fsp3) is 0.524. The van der Waals surface area contributed by atoms with Crippen molar-refractivity contribution in [2.45, 2.75) is 64.9 Å². The van der Waals surface area contributed by atoms with E-state index in [1.165, 1.54) is 32.1 Å². The number of aliphatic hydroxyl groups excluding tert-OH is 1. The molecule has 4 nitrogen and oxygen atoms in total. The molecular formula is C21H30N2O2. The van der Waals surface area contributed by atoms with Crippen molar-refractivity contribution in [3.05, 3.63) is 42.2 Å².